The predicted octanol–water partition coefficient (Wildman–Crippen LogP) is 3.51. The van der Waals surface area contributed by atoms with Crippen LogP contribution in [0.25, 0.3) is 0 Å². The lowest BCUT2D eigenvalue weighted by Crippen LogP contribution is -2.30. The van der Waals surface area contributed by atoms with Crippen LogP contribution in [0.3, 0.4) is 0 Å². The highest BCUT2D eigenvalue weighted by atomic mass is 16.6. The smallest absolute Gasteiger partial charge is 0.333 e. The molecule has 0 aliphatic carbocycles. The van der Waals surface area contributed by atoms with E-state index in [0.29, 0.717) is 24.3 Å². The number of nitrogens with zero attached hydrogens (tertiary/aromatic N) is 1. The first kappa shape index (κ1) is 29.3. The Bertz CT molecular complexity index is 711. The van der Waals surface area contributed by atoms with Crippen LogP contribution in [0, 0.1) is 0 Å². The average Bonchev–Trinajstić information content (AvgIpc) is 2.98. The van der Waals surface area contributed by atoms with Crippen LogP contribution in [0.1, 0.15) is 59.8 Å². The van der Waals surface area contributed by atoms with E-state index in [-0.39, 0.29) is 37.0 Å². The fourth-order valence-corrected chi connectivity index (χ4v) is 2.32. The van der Waals surface area contributed by atoms with E-state index in [9.17, 15) is 19.2 Å². The van der Waals surface area contributed by atoms with Gasteiger partial charge in [0.2, 0.25) is 5.91 Å². The molecule has 0 aromatic rings. The van der Waals surface area contributed by atoms with Crippen LogP contribution in [0.5, 0.6) is 0 Å². The van der Waals surface area contributed by atoms with Crippen LogP contribution in [0.4, 0.5) is 0 Å². The molecule has 180 valence electrons. The Labute approximate surface area is 191 Å². The van der Waals surface area contributed by atoms with E-state index in [1.165, 1.54) is 4.90 Å². The normalized spacial score (nSPS) is 13.9. The Hall–Kier alpha value is -2.74. The molecule has 0 radical (unpaired) electrons. The minimum atomic E-state index is -0.639. The number of amides is 2. The summed E-state index contributed by atoms with van der Waals surface area (Å²) >= 11 is 0. The molecule has 0 spiro atoms. The highest BCUT2D eigenvalue weighted by molar-refractivity contribution is 6.12. The largest absolute Gasteiger partial charge is 0.458 e. The van der Waals surface area contributed by atoms with Crippen molar-refractivity contribution in [1.29, 1.82) is 0 Å². The third-order valence-electron chi connectivity index (χ3n) is 4.27. The molecule has 8 nitrogen and oxygen atoms in total. The predicted molar refractivity (Wildman–Crippen MR) is 122 cm³/mol. The van der Waals surface area contributed by atoms with E-state index >= 15 is 0 Å². The van der Waals surface area contributed by atoms with Crippen LogP contribution in [0.2, 0.25) is 0 Å². The summed E-state index contributed by atoms with van der Waals surface area (Å²) in [7, 11) is 0. The summed E-state index contributed by atoms with van der Waals surface area (Å²) in [4.78, 5) is 46.5. The minimum absolute atomic E-state index is 0.0587. The molecule has 1 atom stereocenters. The van der Waals surface area contributed by atoms with Gasteiger partial charge in [-0.3, -0.25) is 14.5 Å². The van der Waals surface area contributed by atoms with Crippen LogP contribution < -0.4 is 0 Å². The van der Waals surface area contributed by atoms with Crippen molar-refractivity contribution in [2.75, 3.05) is 26.4 Å². The maximum absolute atomic E-state index is 11.5. The fraction of sp³-hybridized carbons (Fsp3) is 0.583. The highest BCUT2D eigenvalue weighted by Gasteiger charge is 2.31. The number of rotatable bonds is 13. The SMILES string of the molecule is C=C(C)C(=O)OCC(COCCCC)OC(=O)C(=C)C.C=C1CC(=O)N(CCCC)C1=O. The lowest BCUT2D eigenvalue weighted by molar-refractivity contribution is -0.157. The summed E-state index contributed by atoms with van der Waals surface area (Å²) < 4.78 is 15.5. The van der Waals surface area contributed by atoms with Crippen molar-refractivity contribution >= 4 is 23.8 Å². The maximum Gasteiger partial charge on any atom is 0.333 e. The average molecular weight is 452 g/mol. The van der Waals surface area contributed by atoms with Gasteiger partial charge in [0.1, 0.15) is 6.61 Å². The molecule has 0 N–H and O–H groups in total. The third-order valence-corrected chi connectivity index (χ3v) is 4.27. The van der Waals surface area contributed by atoms with Gasteiger partial charge in [-0.1, -0.05) is 46.4 Å². The Morgan fingerprint density at radius 3 is 2.06 bits per heavy atom. The zero-order chi connectivity index (χ0) is 24.7. The summed E-state index contributed by atoms with van der Waals surface area (Å²) in [5, 5.41) is 0. The first-order chi connectivity index (χ1) is 15.0. The molecule has 2 amide bonds. The van der Waals surface area contributed by atoms with E-state index in [2.05, 4.69) is 26.7 Å². The lowest BCUT2D eigenvalue weighted by atomic mass is 10.3. The number of ether oxygens (including phenoxy) is 3. The summed E-state index contributed by atoms with van der Waals surface area (Å²) in [6.45, 7) is 18.9. The van der Waals surface area contributed by atoms with Gasteiger partial charge in [-0.15, -0.1) is 0 Å². The molecule has 0 saturated carbocycles. The van der Waals surface area contributed by atoms with Crippen LogP contribution in [-0.4, -0.2) is 61.1 Å². The molecular weight excluding hydrogens is 414 g/mol. The van der Waals surface area contributed by atoms with Crippen molar-refractivity contribution in [1.82, 2.24) is 4.90 Å². The first-order valence-electron chi connectivity index (χ1n) is 10.8. The molecule has 1 unspecified atom stereocenters. The van der Waals surface area contributed by atoms with Gasteiger partial charge in [0.05, 0.1) is 13.0 Å². The number of hydrogen-bond acceptors (Lipinski definition) is 7. The molecule has 1 rings (SSSR count). The first-order valence-corrected chi connectivity index (χ1v) is 10.8. The third kappa shape index (κ3) is 11.6. The van der Waals surface area contributed by atoms with Crippen molar-refractivity contribution in [2.45, 2.75) is 65.9 Å². The number of esters is 2. The monoisotopic (exact) mass is 451 g/mol. The molecule has 1 aliphatic heterocycles. The number of likely N-dealkylation sites (tertiary alicyclic amines) is 1. The quantitative estimate of drug-likeness (QED) is 0.183. The molecule has 1 fully saturated rings. The lowest BCUT2D eigenvalue weighted by Gasteiger charge is -2.18. The van der Waals surface area contributed by atoms with Gasteiger partial charge in [-0.25, -0.2) is 9.59 Å². The van der Waals surface area contributed by atoms with E-state index < -0.39 is 18.0 Å². The fourth-order valence-electron chi connectivity index (χ4n) is 2.32. The van der Waals surface area contributed by atoms with E-state index in [4.69, 9.17) is 14.2 Å². The van der Waals surface area contributed by atoms with Crippen LogP contribution in [0.15, 0.2) is 36.5 Å². The van der Waals surface area contributed by atoms with Gasteiger partial charge in [0.25, 0.3) is 5.91 Å². The second-order valence-electron chi connectivity index (χ2n) is 7.60. The molecule has 0 aromatic heterocycles. The highest BCUT2D eigenvalue weighted by Crippen LogP contribution is 2.16. The Balaban J connectivity index is 0.000000677. The van der Waals surface area contributed by atoms with E-state index in [1.807, 2.05) is 6.92 Å². The van der Waals surface area contributed by atoms with Crippen molar-refractivity contribution in [3.8, 4) is 0 Å². The van der Waals surface area contributed by atoms with Crippen molar-refractivity contribution in [3.05, 3.63) is 36.5 Å². The van der Waals surface area contributed by atoms with Gasteiger partial charge in [-0.05, 0) is 26.7 Å². The Morgan fingerprint density at radius 1 is 1.00 bits per heavy atom. The summed E-state index contributed by atoms with van der Waals surface area (Å²) in [5.41, 5.74) is 1.01. The second kappa shape index (κ2) is 16.0. The molecule has 8 heteroatoms. The number of imide groups is 1. The van der Waals surface area contributed by atoms with Gasteiger partial charge >= 0.3 is 11.9 Å². The molecule has 1 heterocycles. The zero-order valence-electron chi connectivity index (χ0n) is 19.9. The molecule has 1 saturated heterocycles. The minimum Gasteiger partial charge on any atom is -0.458 e. The number of hydrogen-bond donors (Lipinski definition) is 0. The molecular formula is C24H37NO7. The second-order valence-corrected chi connectivity index (χ2v) is 7.60. The number of carbonyl (C=O) groups excluding carboxylic acids is 4. The summed E-state index contributed by atoms with van der Waals surface area (Å²) in [6.07, 6.45) is 3.38. The zero-order valence-corrected chi connectivity index (χ0v) is 19.9. The van der Waals surface area contributed by atoms with E-state index in [0.717, 1.165) is 25.7 Å². The van der Waals surface area contributed by atoms with E-state index in [1.54, 1.807) is 13.8 Å². The van der Waals surface area contributed by atoms with Crippen molar-refractivity contribution < 1.29 is 33.4 Å². The number of unbranched alkanes of at least 4 members (excludes halogenated alkanes) is 2. The molecule has 1 aliphatic rings. The maximum atomic E-state index is 11.5. The molecule has 0 bridgehead atoms. The van der Waals surface area contributed by atoms with Crippen LogP contribution in [-0.2, 0) is 33.4 Å². The van der Waals surface area contributed by atoms with Gasteiger partial charge in [-0.2, -0.15) is 0 Å². The van der Waals surface area contributed by atoms with Gasteiger partial charge in [0.15, 0.2) is 6.10 Å². The standard InChI is InChI=1S/C15H24O5.C9H13NO2/c1-6-7-8-18-9-13(20-15(17)12(4)5)10-19-14(16)11(2)3;1-3-4-5-10-8(11)6-7(2)9(10)12/h13H,2,4,6-10H2,1,3,5H3;2-6H2,1H3. The Morgan fingerprint density at radius 2 is 1.59 bits per heavy atom. The number of carbonyl (C=O) groups is 4. The van der Waals surface area contributed by atoms with Crippen molar-refractivity contribution in [2.24, 2.45) is 0 Å². The molecule has 32 heavy (non-hydrogen) atoms. The van der Waals surface area contributed by atoms with Crippen molar-refractivity contribution in [3.63, 3.8) is 0 Å². The summed E-state index contributed by atoms with van der Waals surface area (Å²) in [6, 6.07) is 0. The summed E-state index contributed by atoms with van der Waals surface area (Å²) in [5.74, 6) is -1.33. The van der Waals surface area contributed by atoms with Gasteiger partial charge in [0, 0.05) is 29.9 Å². The molecule has 0 aromatic carbocycles. The Kier molecular flexibility index (Phi) is 14.6. The topological polar surface area (TPSA) is 99.2 Å². The van der Waals surface area contributed by atoms with Gasteiger partial charge < -0.3 is 14.2 Å². The van der Waals surface area contributed by atoms with Crippen LogP contribution >= 0.6 is 0 Å².